The van der Waals surface area contributed by atoms with E-state index in [1.165, 1.54) is 11.3 Å². The second kappa shape index (κ2) is 3.13. The van der Waals surface area contributed by atoms with E-state index in [0.29, 0.717) is 11.4 Å². The molecule has 0 saturated heterocycles. The summed E-state index contributed by atoms with van der Waals surface area (Å²) in [6.07, 6.45) is 0.688. The SMILES string of the molecule is CCC(C)(O)c1sccc1Cl. The van der Waals surface area contributed by atoms with E-state index in [0.717, 1.165) is 4.88 Å². The van der Waals surface area contributed by atoms with Gasteiger partial charge in [0.15, 0.2) is 0 Å². The van der Waals surface area contributed by atoms with Gasteiger partial charge in [0.05, 0.1) is 15.5 Å². The van der Waals surface area contributed by atoms with Crippen LogP contribution in [0.15, 0.2) is 11.4 Å². The highest BCUT2D eigenvalue weighted by Crippen LogP contribution is 2.34. The average Bonchev–Trinajstić information content (AvgIpc) is 2.36. The fourth-order valence-corrected chi connectivity index (χ4v) is 2.23. The van der Waals surface area contributed by atoms with Crippen LogP contribution < -0.4 is 0 Å². The number of aliphatic hydroxyl groups is 1. The van der Waals surface area contributed by atoms with E-state index in [1.807, 2.05) is 18.4 Å². The quantitative estimate of drug-likeness (QED) is 0.760. The third-order valence-electron chi connectivity index (χ3n) is 1.79. The van der Waals surface area contributed by atoms with Gasteiger partial charge in [-0.25, -0.2) is 0 Å². The summed E-state index contributed by atoms with van der Waals surface area (Å²) in [5.74, 6) is 0. The first-order valence-electron chi connectivity index (χ1n) is 3.54. The predicted octanol–water partition coefficient (Wildman–Crippen LogP) is 3.02. The summed E-state index contributed by atoms with van der Waals surface area (Å²) >= 11 is 7.35. The Hall–Kier alpha value is -0.0500. The molecule has 62 valence electrons. The molecule has 1 rings (SSSR count). The van der Waals surface area contributed by atoms with Gasteiger partial charge >= 0.3 is 0 Å². The van der Waals surface area contributed by atoms with Gasteiger partial charge in [0.2, 0.25) is 0 Å². The Kier molecular flexibility index (Phi) is 2.58. The highest BCUT2D eigenvalue weighted by atomic mass is 35.5. The Morgan fingerprint density at radius 2 is 2.36 bits per heavy atom. The van der Waals surface area contributed by atoms with Crippen molar-refractivity contribution in [2.45, 2.75) is 25.9 Å². The molecule has 11 heavy (non-hydrogen) atoms. The summed E-state index contributed by atoms with van der Waals surface area (Å²) < 4.78 is 0. The first-order valence-corrected chi connectivity index (χ1v) is 4.79. The normalized spacial score (nSPS) is 16.4. The maximum absolute atomic E-state index is 9.79. The Labute approximate surface area is 75.6 Å². The molecule has 1 aromatic heterocycles. The van der Waals surface area contributed by atoms with Crippen LogP contribution in [0, 0.1) is 0 Å². The monoisotopic (exact) mass is 190 g/mol. The lowest BCUT2D eigenvalue weighted by atomic mass is 10.0. The molecule has 1 unspecified atom stereocenters. The summed E-state index contributed by atoms with van der Waals surface area (Å²) in [5.41, 5.74) is -0.759. The van der Waals surface area contributed by atoms with Crippen molar-refractivity contribution < 1.29 is 5.11 Å². The summed E-state index contributed by atoms with van der Waals surface area (Å²) in [4.78, 5) is 0.863. The van der Waals surface area contributed by atoms with Crippen LogP contribution in [0.5, 0.6) is 0 Å². The molecule has 0 aliphatic carbocycles. The molecule has 0 aliphatic heterocycles. The van der Waals surface area contributed by atoms with Gasteiger partial charge in [0.25, 0.3) is 0 Å². The smallest absolute Gasteiger partial charge is 0.0972 e. The van der Waals surface area contributed by atoms with Crippen molar-refractivity contribution in [2.75, 3.05) is 0 Å². The maximum Gasteiger partial charge on any atom is 0.0972 e. The summed E-state index contributed by atoms with van der Waals surface area (Å²) in [6, 6.07) is 1.81. The molecule has 0 radical (unpaired) electrons. The Morgan fingerprint density at radius 1 is 1.73 bits per heavy atom. The molecule has 1 N–H and O–H groups in total. The van der Waals surface area contributed by atoms with Crippen LogP contribution in [-0.2, 0) is 5.60 Å². The van der Waals surface area contributed by atoms with Crippen LogP contribution >= 0.6 is 22.9 Å². The van der Waals surface area contributed by atoms with Gasteiger partial charge in [-0.2, -0.15) is 0 Å². The molecule has 0 bridgehead atoms. The maximum atomic E-state index is 9.79. The fourth-order valence-electron chi connectivity index (χ4n) is 0.839. The van der Waals surface area contributed by atoms with E-state index in [1.54, 1.807) is 6.92 Å². The average molecular weight is 191 g/mol. The van der Waals surface area contributed by atoms with Gasteiger partial charge in [0.1, 0.15) is 0 Å². The number of hydrogen-bond donors (Lipinski definition) is 1. The predicted molar refractivity (Wildman–Crippen MR) is 49.2 cm³/mol. The number of halogens is 1. The van der Waals surface area contributed by atoms with E-state index < -0.39 is 5.60 Å². The largest absolute Gasteiger partial charge is 0.385 e. The Bertz CT molecular complexity index is 242. The van der Waals surface area contributed by atoms with E-state index in [9.17, 15) is 5.11 Å². The lowest BCUT2D eigenvalue weighted by Crippen LogP contribution is -2.18. The van der Waals surface area contributed by atoms with Crippen molar-refractivity contribution in [2.24, 2.45) is 0 Å². The van der Waals surface area contributed by atoms with Crippen LogP contribution in [0.4, 0.5) is 0 Å². The van der Waals surface area contributed by atoms with Crippen molar-refractivity contribution in [3.8, 4) is 0 Å². The Balaban J connectivity index is 3.00. The molecule has 0 fully saturated rings. The molecule has 1 heterocycles. The van der Waals surface area contributed by atoms with Crippen LogP contribution in [-0.4, -0.2) is 5.11 Å². The zero-order chi connectivity index (χ0) is 8.48. The first kappa shape index (κ1) is 9.04. The van der Waals surface area contributed by atoms with Crippen molar-refractivity contribution in [3.05, 3.63) is 21.3 Å². The highest BCUT2D eigenvalue weighted by molar-refractivity contribution is 7.10. The van der Waals surface area contributed by atoms with Crippen LogP contribution in [0.3, 0.4) is 0 Å². The van der Waals surface area contributed by atoms with Crippen molar-refractivity contribution in [1.29, 1.82) is 0 Å². The zero-order valence-corrected chi connectivity index (χ0v) is 8.17. The van der Waals surface area contributed by atoms with Gasteiger partial charge in [0, 0.05) is 0 Å². The summed E-state index contributed by atoms with van der Waals surface area (Å²) in [6.45, 7) is 3.72. The minimum Gasteiger partial charge on any atom is -0.385 e. The zero-order valence-electron chi connectivity index (χ0n) is 6.60. The summed E-state index contributed by atoms with van der Waals surface area (Å²) in [7, 11) is 0. The van der Waals surface area contributed by atoms with Gasteiger partial charge in [-0.3, -0.25) is 0 Å². The minimum atomic E-state index is -0.759. The van der Waals surface area contributed by atoms with Crippen LogP contribution in [0.1, 0.15) is 25.1 Å². The molecule has 0 aliphatic rings. The van der Waals surface area contributed by atoms with Crippen molar-refractivity contribution in [3.63, 3.8) is 0 Å². The second-order valence-electron chi connectivity index (χ2n) is 2.73. The fraction of sp³-hybridized carbons (Fsp3) is 0.500. The van der Waals surface area contributed by atoms with E-state index in [4.69, 9.17) is 11.6 Å². The van der Waals surface area contributed by atoms with Gasteiger partial charge in [-0.1, -0.05) is 18.5 Å². The van der Waals surface area contributed by atoms with E-state index in [-0.39, 0.29) is 0 Å². The van der Waals surface area contributed by atoms with Gasteiger partial charge in [-0.05, 0) is 24.8 Å². The third kappa shape index (κ3) is 1.75. The van der Waals surface area contributed by atoms with Gasteiger partial charge < -0.3 is 5.11 Å². The second-order valence-corrected chi connectivity index (χ2v) is 4.05. The lowest BCUT2D eigenvalue weighted by molar-refractivity contribution is 0.0570. The number of thiophene rings is 1. The molecule has 1 aromatic rings. The van der Waals surface area contributed by atoms with E-state index in [2.05, 4.69) is 0 Å². The minimum absolute atomic E-state index is 0.668. The molecular formula is C8H11ClOS. The van der Waals surface area contributed by atoms with Crippen LogP contribution in [0.25, 0.3) is 0 Å². The molecule has 3 heteroatoms. The van der Waals surface area contributed by atoms with E-state index >= 15 is 0 Å². The molecule has 0 amide bonds. The standard InChI is InChI=1S/C8H11ClOS/c1-3-8(2,10)7-6(9)4-5-11-7/h4-5,10H,3H2,1-2H3. The first-order chi connectivity index (χ1) is 5.08. The number of hydrogen-bond acceptors (Lipinski definition) is 2. The third-order valence-corrected chi connectivity index (χ3v) is 3.39. The molecule has 0 spiro atoms. The molecule has 1 nitrogen and oxygen atoms in total. The van der Waals surface area contributed by atoms with Crippen molar-refractivity contribution in [1.82, 2.24) is 0 Å². The highest BCUT2D eigenvalue weighted by Gasteiger charge is 2.24. The van der Waals surface area contributed by atoms with Crippen LogP contribution in [0.2, 0.25) is 5.02 Å². The summed E-state index contributed by atoms with van der Waals surface area (Å²) in [5, 5.41) is 12.3. The molecule has 1 atom stereocenters. The lowest BCUT2D eigenvalue weighted by Gasteiger charge is -2.19. The Morgan fingerprint density at radius 3 is 2.73 bits per heavy atom. The molecule has 0 aromatic carbocycles. The van der Waals surface area contributed by atoms with Crippen molar-refractivity contribution >= 4 is 22.9 Å². The topological polar surface area (TPSA) is 20.2 Å². The van der Waals surface area contributed by atoms with Gasteiger partial charge in [-0.15, -0.1) is 11.3 Å². The molecule has 0 saturated carbocycles. The number of rotatable bonds is 2. The molecular weight excluding hydrogens is 180 g/mol.